The summed E-state index contributed by atoms with van der Waals surface area (Å²) in [6.45, 7) is 3.32. The Hall–Kier alpha value is -2.24. The highest BCUT2D eigenvalue weighted by atomic mass is 16.2. The topological polar surface area (TPSA) is 64.7 Å². The number of amides is 3. The number of nitrogens with zero attached hydrogens (tertiary/aromatic N) is 2. The minimum Gasteiger partial charge on any atom is -0.371 e. The number of rotatable bonds is 4. The molecular weight excluding hydrogens is 304 g/mol. The molecule has 3 amide bonds. The molecule has 0 spiro atoms. The number of carbonyl (C=O) groups excluding carboxylic acids is 2. The van der Waals surface area contributed by atoms with Crippen LogP contribution < -0.4 is 15.5 Å². The summed E-state index contributed by atoms with van der Waals surface area (Å²) in [6.07, 6.45) is 4.40. The lowest BCUT2D eigenvalue weighted by atomic mass is 10.1. The number of benzene rings is 1. The van der Waals surface area contributed by atoms with Gasteiger partial charge in [-0.25, -0.2) is 4.79 Å². The number of anilines is 1. The van der Waals surface area contributed by atoms with Crippen molar-refractivity contribution < 1.29 is 9.59 Å². The van der Waals surface area contributed by atoms with Crippen LogP contribution in [-0.2, 0) is 11.3 Å². The van der Waals surface area contributed by atoms with Gasteiger partial charge in [-0.1, -0.05) is 18.2 Å². The summed E-state index contributed by atoms with van der Waals surface area (Å²) in [5.74, 6) is -0.0922. The summed E-state index contributed by atoms with van der Waals surface area (Å²) in [6, 6.07) is 7.67. The predicted molar refractivity (Wildman–Crippen MR) is 93.9 cm³/mol. The lowest BCUT2D eigenvalue weighted by Gasteiger charge is -2.31. The molecule has 2 saturated heterocycles. The van der Waals surface area contributed by atoms with Crippen molar-refractivity contribution in [3.63, 3.8) is 0 Å². The molecule has 1 atom stereocenters. The van der Waals surface area contributed by atoms with Gasteiger partial charge in [-0.3, -0.25) is 4.79 Å². The van der Waals surface area contributed by atoms with Gasteiger partial charge in [0.05, 0.1) is 0 Å². The average Bonchev–Trinajstić information content (AvgIpc) is 3.01. The van der Waals surface area contributed by atoms with Crippen molar-refractivity contribution in [1.29, 1.82) is 0 Å². The Morgan fingerprint density at radius 1 is 1.29 bits per heavy atom. The van der Waals surface area contributed by atoms with Crippen molar-refractivity contribution in [3.05, 3.63) is 29.8 Å². The van der Waals surface area contributed by atoms with E-state index in [1.807, 2.05) is 6.07 Å². The van der Waals surface area contributed by atoms with Gasteiger partial charge in [-0.05, 0) is 37.3 Å². The summed E-state index contributed by atoms with van der Waals surface area (Å²) in [4.78, 5) is 28.0. The van der Waals surface area contributed by atoms with Crippen LogP contribution in [0.25, 0.3) is 0 Å². The normalized spacial score (nSPS) is 20.6. The van der Waals surface area contributed by atoms with Crippen molar-refractivity contribution in [2.75, 3.05) is 31.6 Å². The first-order valence-electron chi connectivity index (χ1n) is 8.77. The smallest absolute Gasteiger partial charge is 0.318 e. The fourth-order valence-electron chi connectivity index (χ4n) is 3.41. The Morgan fingerprint density at radius 2 is 2.04 bits per heavy atom. The van der Waals surface area contributed by atoms with E-state index in [9.17, 15) is 9.59 Å². The van der Waals surface area contributed by atoms with Crippen molar-refractivity contribution >= 4 is 17.6 Å². The molecule has 0 saturated carbocycles. The van der Waals surface area contributed by atoms with Gasteiger partial charge < -0.3 is 20.4 Å². The van der Waals surface area contributed by atoms with Crippen molar-refractivity contribution in [2.45, 2.75) is 38.3 Å². The van der Waals surface area contributed by atoms with Crippen LogP contribution in [-0.4, -0.2) is 49.6 Å². The molecule has 2 aliphatic rings. The van der Waals surface area contributed by atoms with Gasteiger partial charge in [-0.15, -0.1) is 0 Å². The van der Waals surface area contributed by atoms with Crippen molar-refractivity contribution in [2.24, 2.45) is 0 Å². The van der Waals surface area contributed by atoms with E-state index in [-0.39, 0.29) is 11.9 Å². The third kappa shape index (κ3) is 3.80. The molecule has 2 fully saturated rings. The first kappa shape index (κ1) is 16.6. The number of piperidine rings is 1. The van der Waals surface area contributed by atoms with Crippen LogP contribution in [0.15, 0.2) is 24.3 Å². The summed E-state index contributed by atoms with van der Waals surface area (Å²) in [7, 11) is 1.77. The number of hydrogen-bond acceptors (Lipinski definition) is 3. The highest BCUT2D eigenvalue weighted by Gasteiger charge is 2.27. The van der Waals surface area contributed by atoms with Crippen LogP contribution in [0, 0.1) is 0 Å². The molecular formula is C18H26N4O2. The first-order valence-corrected chi connectivity index (χ1v) is 8.77. The van der Waals surface area contributed by atoms with Crippen LogP contribution in [0.1, 0.15) is 31.2 Å². The number of urea groups is 1. The van der Waals surface area contributed by atoms with Gasteiger partial charge in [0, 0.05) is 38.9 Å². The molecule has 0 aromatic heterocycles. The Bertz CT molecular complexity index is 598. The second-order valence-electron chi connectivity index (χ2n) is 6.61. The molecule has 6 heteroatoms. The van der Waals surface area contributed by atoms with E-state index in [0.717, 1.165) is 18.7 Å². The van der Waals surface area contributed by atoms with E-state index in [1.165, 1.54) is 24.9 Å². The molecule has 2 aliphatic heterocycles. The molecule has 6 nitrogen and oxygen atoms in total. The third-order valence-corrected chi connectivity index (χ3v) is 4.79. The van der Waals surface area contributed by atoms with E-state index >= 15 is 0 Å². The first-order chi connectivity index (χ1) is 11.6. The van der Waals surface area contributed by atoms with E-state index in [2.05, 4.69) is 33.7 Å². The lowest BCUT2D eigenvalue weighted by Crippen LogP contribution is -2.46. The Labute approximate surface area is 143 Å². The highest BCUT2D eigenvalue weighted by Crippen LogP contribution is 2.25. The number of para-hydroxylation sites is 1. The van der Waals surface area contributed by atoms with Crippen molar-refractivity contribution in [1.82, 2.24) is 15.5 Å². The van der Waals surface area contributed by atoms with E-state index in [1.54, 1.807) is 11.9 Å². The SMILES string of the molecule is CN(Cc1ccccc1N1CCCCC1)C(=O)N[C@H]1CCNC1=O. The van der Waals surface area contributed by atoms with E-state index < -0.39 is 6.04 Å². The van der Waals surface area contributed by atoms with E-state index in [4.69, 9.17) is 0 Å². The molecule has 3 rings (SSSR count). The summed E-state index contributed by atoms with van der Waals surface area (Å²) >= 11 is 0. The van der Waals surface area contributed by atoms with Crippen LogP contribution in [0.3, 0.4) is 0 Å². The van der Waals surface area contributed by atoms with Crippen LogP contribution in [0.2, 0.25) is 0 Å². The second kappa shape index (κ2) is 7.55. The van der Waals surface area contributed by atoms with E-state index in [0.29, 0.717) is 19.5 Å². The maximum absolute atomic E-state index is 12.4. The maximum atomic E-state index is 12.4. The molecule has 1 aromatic rings. The fourth-order valence-corrected chi connectivity index (χ4v) is 3.41. The number of carbonyl (C=O) groups is 2. The van der Waals surface area contributed by atoms with Gasteiger partial charge in [0.25, 0.3) is 0 Å². The summed E-state index contributed by atoms with van der Waals surface area (Å²) < 4.78 is 0. The lowest BCUT2D eigenvalue weighted by molar-refractivity contribution is -0.120. The minimum absolute atomic E-state index is 0.0922. The summed E-state index contributed by atoms with van der Waals surface area (Å²) in [5.41, 5.74) is 2.36. The molecule has 1 aromatic carbocycles. The molecule has 130 valence electrons. The second-order valence-corrected chi connectivity index (χ2v) is 6.61. The Morgan fingerprint density at radius 3 is 2.75 bits per heavy atom. The van der Waals surface area contributed by atoms with Gasteiger partial charge in [0.1, 0.15) is 6.04 Å². The van der Waals surface area contributed by atoms with Gasteiger partial charge in [0.2, 0.25) is 5.91 Å². The minimum atomic E-state index is -0.405. The molecule has 0 unspecified atom stereocenters. The number of nitrogens with one attached hydrogen (secondary N) is 2. The standard InChI is InChI=1S/C18H26N4O2/c1-21(18(24)20-15-9-10-19-17(15)23)13-14-7-3-4-8-16(14)22-11-5-2-6-12-22/h3-4,7-8,15H,2,5-6,9-13H2,1H3,(H,19,23)(H,20,24)/t15-/m0/s1. The quantitative estimate of drug-likeness (QED) is 0.883. The molecule has 0 aliphatic carbocycles. The molecule has 2 heterocycles. The molecule has 24 heavy (non-hydrogen) atoms. The summed E-state index contributed by atoms with van der Waals surface area (Å²) in [5, 5.41) is 5.55. The predicted octanol–water partition coefficient (Wildman–Crippen LogP) is 1.71. The van der Waals surface area contributed by atoms with Crippen LogP contribution in [0.5, 0.6) is 0 Å². The van der Waals surface area contributed by atoms with Crippen LogP contribution >= 0.6 is 0 Å². The Kier molecular flexibility index (Phi) is 5.23. The van der Waals surface area contributed by atoms with Crippen molar-refractivity contribution in [3.8, 4) is 0 Å². The largest absolute Gasteiger partial charge is 0.371 e. The highest BCUT2D eigenvalue weighted by molar-refractivity contribution is 5.88. The van der Waals surface area contributed by atoms with Gasteiger partial charge >= 0.3 is 6.03 Å². The molecule has 2 N–H and O–H groups in total. The zero-order valence-corrected chi connectivity index (χ0v) is 14.3. The third-order valence-electron chi connectivity index (χ3n) is 4.79. The fraction of sp³-hybridized carbons (Fsp3) is 0.556. The van der Waals surface area contributed by atoms with Gasteiger partial charge in [-0.2, -0.15) is 0 Å². The molecule has 0 bridgehead atoms. The Balaban J connectivity index is 1.64. The number of hydrogen-bond donors (Lipinski definition) is 2. The van der Waals surface area contributed by atoms with Crippen LogP contribution in [0.4, 0.5) is 10.5 Å². The average molecular weight is 330 g/mol. The maximum Gasteiger partial charge on any atom is 0.318 e. The zero-order chi connectivity index (χ0) is 16.9. The monoisotopic (exact) mass is 330 g/mol. The van der Waals surface area contributed by atoms with Gasteiger partial charge in [0.15, 0.2) is 0 Å². The molecule has 0 radical (unpaired) electrons. The zero-order valence-electron chi connectivity index (χ0n) is 14.3.